The van der Waals surface area contributed by atoms with Gasteiger partial charge in [-0.05, 0) is 49.8 Å². The molecule has 0 aliphatic rings. The minimum atomic E-state index is -0.0575. The summed E-state index contributed by atoms with van der Waals surface area (Å²) in [5.41, 5.74) is 3.22. The Morgan fingerprint density at radius 1 is 1.09 bits per heavy atom. The molecule has 0 aliphatic heterocycles. The average Bonchev–Trinajstić information content (AvgIpc) is 3.31. The first-order valence-electron chi connectivity index (χ1n) is 11.0. The van der Waals surface area contributed by atoms with Gasteiger partial charge in [0.05, 0.1) is 20.3 Å². The number of aromatic nitrogens is 2. The van der Waals surface area contributed by atoms with Crippen LogP contribution >= 0.6 is 0 Å². The molecule has 1 heterocycles. The Hall–Kier alpha value is -3.39. The molecular weight excluding hydrogens is 420 g/mol. The Morgan fingerprint density at radius 2 is 1.82 bits per heavy atom. The van der Waals surface area contributed by atoms with Crippen molar-refractivity contribution in [2.24, 2.45) is 0 Å². The molecule has 0 saturated carbocycles. The molecule has 0 spiro atoms. The molecule has 1 amide bonds. The van der Waals surface area contributed by atoms with E-state index < -0.39 is 0 Å². The molecule has 0 fully saturated rings. The van der Waals surface area contributed by atoms with Gasteiger partial charge in [0.15, 0.2) is 11.5 Å². The van der Waals surface area contributed by atoms with Gasteiger partial charge in [0, 0.05) is 24.9 Å². The predicted molar refractivity (Wildman–Crippen MR) is 126 cm³/mol. The van der Waals surface area contributed by atoms with E-state index in [9.17, 15) is 4.79 Å². The third-order valence-electron chi connectivity index (χ3n) is 5.56. The van der Waals surface area contributed by atoms with Gasteiger partial charge in [-0.3, -0.25) is 4.79 Å². The number of carbonyl (C=O) groups is 1. The fourth-order valence-electron chi connectivity index (χ4n) is 3.54. The van der Waals surface area contributed by atoms with Crippen LogP contribution in [0, 0.1) is 0 Å². The number of aryl methyl sites for hydroxylation is 2. The van der Waals surface area contributed by atoms with Crippen molar-refractivity contribution in [1.29, 1.82) is 0 Å². The normalized spacial score (nSPS) is 11.9. The van der Waals surface area contributed by atoms with Gasteiger partial charge in [0.1, 0.15) is 0 Å². The average molecular weight is 453 g/mol. The highest BCUT2D eigenvalue weighted by atomic mass is 16.5. The summed E-state index contributed by atoms with van der Waals surface area (Å²) in [7, 11) is 7.18. The van der Waals surface area contributed by atoms with Crippen molar-refractivity contribution in [3.05, 3.63) is 59.5 Å². The second kappa shape index (κ2) is 11.5. The molecule has 8 heteroatoms. The fraction of sp³-hybridized carbons (Fsp3) is 0.400. The first-order valence-corrected chi connectivity index (χ1v) is 11.0. The van der Waals surface area contributed by atoms with Crippen LogP contribution in [0.15, 0.2) is 47.0 Å². The predicted octanol–water partition coefficient (Wildman–Crippen LogP) is 3.67. The zero-order chi connectivity index (χ0) is 23.8. The summed E-state index contributed by atoms with van der Waals surface area (Å²) in [6, 6.07) is 14.0. The summed E-state index contributed by atoms with van der Waals surface area (Å²) < 4.78 is 15.9. The third-order valence-corrected chi connectivity index (χ3v) is 5.56. The quantitative estimate of drug-likeness (QED) is 0.475. The monoisotopic (exact) mass is 452 g/mol. The molecule has 3 rings (SSSR count). The van der Waals surface area contributed by atoms with Gasteiger partial charge in [-0.25, -0.2) is 0 Å². The molecule has 2 aromatic carbocycles. The lowest BCUT2D eigenvalue weighted by atomic mass is 10.0. The molecule has 1 atom stereocenters. The Bertz CT molecular complexity index is 1050. The van der Waals surface area contributed by atoms with Crippen LogP contribution in [0.4, 0.5) is 0 Å². The molecule has 0 saturated heterocycles. The Morgan fingerprint density at radius 3 is 2.45 bits per heavy atom. The number of nitrogens with zero attached hydrogens (tertiary/aromatic N) is 3. The van der Waals surface area contributed by atoms with Crippen LogP contribution in [0.2, 0.25) is 0 Å². The lowest BCUT2D eigenvalue weighted by Gasteiger charge is -2.25. The number of benzene rings is 2. The summed E-state index contributed by atoms with van der Waals surface area (Å²) in [4.78, 5) is 19.0. The van der Waals surface area contributed by atoms with Crippen LogP contribution < -0.4 is 14.8 Å². The van der Waals surface area contributed by atoms with E-state index in [1.165, 1.54) is 11.1 Å². The number of hydrogen-bond acceptors (Lipinski definition) is 7. The van der Waals surface area contributed by atoms with Gasteiger partial charge in [-0.2, -0.15) is 4.98 Å². The van der Waals surface area contributed by atoms with Crippen LogP contribution in [0.3, 0.4) is 0 Å². The highest BCUT2D eigenvalue weighted by Gasteiger charge is 2.17. The first kappa shape index (κ1) is 24.3. The SMILES string of the molecule is CCc1ccc([C@H](CNC(=O)CCc2nc(-c3ccc(OC)c(OC)c3)no2)N(C)C)cc1. The first-order chi connectivity index (χ1) is 15.9. The van der Waals surface area contributed by atoms with Gasteiger partial charge in [0.2, 0.25) is 17.6 Å². The van der Waals surface area contributed by atoms with Gasteiger partial charge in [-0.1, -0.05) is 36.3 Å². The van der Waals surface area contributed by atoms with Crippen molar-refractivity contribution < 1.29 is 18.8 Å². The minimum Gasteiger partial charge on any atom is -0.493 e. The van der Waals surface area contributed by atoms with E-state index in [0.29, 0.717) is 36.2 Å². The number of nitrogens with one attached hydrogen (secondary N) is 1. The molecule has 0 unspecified atom stereocenters. The Balaban J connectivity index is 1.55. The number of methoxy groups -OCH3 is 2. The molecule has 176 valence electrons. The van der Waals surface area contributed by atoms with Gasteiger partial charge in [-0.15, -0.1) is 0 Å². The zero-order valence-electron chi connectivity index (χ0n) is 19.9. The van der Waals surface area contributed by atoms with Gasteiger partial charge >= 0.3 is 0 Å². The van der Waals surface area contributed by atoms with Crippen molar-refractivity contribution in [3.63, 3.8) is 0 Å². The number of likely N-dealkylation sites (N-methyl/N-ethyl adjacent to an activating group) is 1. The molecule has 0 bridgehead atoms. The van der Waals surface area contributed by atoms with Crippen LogP contribution in [-0.2, 0) is 17.6 Å². The molecule has 33 heavy (non-hydrogen) atoms. The van der Waals surface area contributed by atoms with E-state index >= 15 is 0 Å². The van der Waals surface area contributed by atoms with Crippen LogP contribution in [0.25, 0.3) is 11.4 Å². The topological polar surface area (TPSA) is 89.7 Å². The summed E-state index contributed by atoms with van der Waals surface area (Å²) in [5.74, 6) is 2.00. The largest absolute Gasteiger partial charge is 0.493 e. The van der Waals surface area contributed by atoms with Crippen molar-refractivity contribution in [1.82, 2.24) is 20.4 Å². The van der Waals surface area contributed by atoms with E-state index in [4.69, 9.17) is 14.0 Å². The van der Waals surface area contributed by atoms with Crippen molar-refractivity contribution in [2.75, 3.05) is 34.9 Å². The molecule has 1 N–H and O–H groups in total. The highest BCUT2D eigenvalue weighted by molar-refractivity contribution is 5.76. The maximum absolute atomic E-state index is 12.5. The molecule has 1 aromatic heterocycles. The van der Waals surface area contributed by atoms with E-state index in [-0.39, 0.29) is 18.4 Å². The minimum absolute atomic E-state index is 0.0575. The molecule has 0 radical (unpaired) electrons. The van der Waals surface area contributed by atoms with Gasteiger partial charge in [0.25, 0.3) is 0 Å². The maximum Gasteiger partial charge on any atom is 0.227 e. The van der Waals surface area contributed by atoms with Gasteiger partial charge < -0.3 is 24.2 Å². The Kier molecular flexibility index (Phi) is 8.43. The second-order valence-electron chi connectivity index (χ2n) is 7.96. The Labute approximate surface area is 194 Å². The van der Waals surface area contributed by atoms with E-state index in [0.717, 1.165) is 12.0 Å². The van der Waals surface area contributed by atoms with Crippen LogP contribution in [0.1, 0.15) is 36.4 Å². The number of ether oxygens (including phenoxy) is 2. The lowest BCUT2D eigenvalue weighted by Crippen LogP contribution is -2.34. The maximum atomic E-state index is 12.5. The zero-order valence-corrected chi connectivity index (χ0v) is 19.9. The standard InChI is InChI=1S/C25H32N4O4/c1-6-17-7-9-18(10-8-17)20(29(2)3)16-26-23(30)13-14-24-27-25(28-33-24)19-11-12-21(31-4)22(15-19)32-5/h7-12,15,20H,6,13-14,16H2,1-5H3,(H,26,30)/t20-/m0/s1. The van der Waals surface area contributed by atoms with E-state index in [2.05, 4.69) is 51.5 Å². The number of amides is 1. The summed E-state index contributed by atoms with van der Waals surface area (Å²) >= 11 is 0. The summed E-state index contributed by atoms with van der Waals surface area (Å²) in [6.45, 7) is 2.66. The molecular formula is C25H32N4O4. The van der Waals surface area contributed by atoms with Crippen molar-refractivity contribution in [3.8, 4) is 22.9 Å². The van der Waals surface area contributed by atoms with E-state index in [1.807, 2.05) is 20.2 Å². The second-order valence-corrected chi connectivity index (χ2v) is 7.96. The summed E-state index contributed by atoms with van der Waals surface area (Å²) in [6.07, 6.45) is 1.64. The van der Waals surface area contributed by atoms with Crippen LogP contribution in [0.5, 0.6) is 11.5 Å². The van der Waals surface area contributed by atoms with Crippen molar-refractivity contribution >= 4 is 5.91 Å². The highest BCUT2D eigenvalue weighted by Crippen LogP contribution is 2.31. The van der Waals surface area contributed by atoms with Crippen molar-refractivity contribution in [2.45, 2.75) is 32.2 Å². The lowest BCUT2D eigenvalue weighted by molar-refractivity contribution is -0.121. The smallest absolute Gasteiger partial charge is 0.227 e. The number of carbonyl (C=O) groups excluding carboxylic acids is 1. The third kappa shape index (κ3) is 6.32. The molecule has 8 nitrogen and oxygen atoms in total. The fourth-order valence-corrected chi connectivity index (χ4v) is 3.54. The number of hydrogen-bond donors (Lipinski definition) is 1. The number of rotatable bonds is 11. The summed E-state index contributed by atoms with van der Waals surface area (Å²) in [5, 5.41) is 7.05. The van der Waals surface area contributed by atoms with Crippen LogP contribution in [-0.4, -0.2) is 55.8 Å². The molecule has 3 aromatic rings. The molecule has 0 aliphatic carbocycles. The van der Waals surface area contributed by atoms with E-state index in [1.54, 1.807) is 26.4 Å².